The molecule has 5 heteroatoms. The minimum atomic E-state index is 0.495. The highest BCUT2D eigenvalue weighted by Gasteiger charge is 2.04. The van der Waals surface area contributed by atoms with Crippen LogP contribution in [0.2, 0.25) is 0 Å². The molecule has 4 nitrogen and oxygen atoms in total. The average Bonchev–Trinajstić information content (AvgIpc) is 2.57. The Morgan fingerprint density at radius 1 is 1.42 bits per heavy atom. The van der Waals surface area contributed by atoms with Crippen molar-refractivity contribution < 1.29 is 0 Å². The molecule has 0 spiro atoms. The van der Waals surface area contributed by atoms with Gasteiger partial charge in [-0.15, -0.1) is 10.2 Å². The molecule has 2 rings (SSSR count). The van der Waals surface area contributed by atoms with E-state index < -0.39 is 0 Å². The van der Waals surface area contributed by atoms with Gasteiger partial charge in [-0.3, -0.25) is 0 Å². The molecule has 0 unspecified atom stereocenters. The maximum Gasteiger partial charge on any atom is 0.151 e. The highest BCUT2D eigenvalue weighted by molar-refractivity contribution is 7.12. The molecule has 0 aliphatic heterocycles. The lowest BCUT2D eigenvalue weighted by molar-refractivity contribution is 1.09. The van der Waals surface area contributed by atoms with E-state index in [9.17, 15) is 0 Å². The van der Waals surface area contributed by atoms with E-state index in [4.69, 9.17) is 5.73 Å². The van der Waals surface area contributed by atoms with E-state index in [1.54, 1.807) is 11.7 Å². The Morgan fingerprint density at radius 3 is 3.00 bits per heavy atom. The highest BCUT2D eigenvalue weighted by atomic mass is 32.1. The topological polar surface area (TPSA) is 64.7 Å². The predicted molar refractivity (Wildman–Crippen MR) is 47.6 cm³/mol. The fraction of sp³-hybridized carbons (Fsp3) is 0. The normalized spacial score (nSPS) is 10.0. The lowest BCUT2D eigenvalue weighted by Crippen LogP contribution is -1.92. The third kappa shape index (κ3) is 1.14. The van der Waals surface area contributed by atoms with Crippen LogP contribution in [-0.2, 0) is 0 Å². The molecule has 0 amide bonds. The summed E-state index contributed by atoms with van der Waals surface area (Å²) in [5, 5.41) is 8.43. The number of nitrogen functional groups attached to an aromatic ring is 1. The summed E-state index contributed by atoms with van der Waals surface area (Å²) in [4.78, 5) is 3.95. The zero-order valence-electron chi connectivity index (χ0n) is 6.14. The summed E-state index contributed by atoms with van der Waals surface area (Å²) < 4.78 is 0. The second-order valence-corrected chi connectivity index (χ2v) is 3.01. The SMILES string of the molecule is Nc1ncccc1-c1nncs1. The van der Waals surface area contributed by atoms with Crippen LogP contribution >= 0.6 is 11.3 Å². The van der Waals surface area contributed by atoms with Crippen LogP contribution in [0.3, 0.4) is 0 Å². The predicted octanol–water partition coefficient (Wildman–Crippen LogP) is 1.18. The number of hydrogen-bond donors (Lipinski definition) is 1. The first-order valence-corrected chi connectivity index (χ1v) is 4.23. The molecule has 2 aromatic heterocycles. The monoisotopic (exact) mass is 178 g/mol. The molecule has 0 bridgehead atoms. The Bertz CT molecular complexity index is 371. The summed E-state index contributed by atoms with van der Waals surface area (Å²) in [6, 6.07) is 3.70. The van der Waals surface area contributed by atoms with Crippen molar-refractivity contribution in [1.82, 2.24) is 15.2 Å². The molecule has 0 aromatic carbocycles. The number of pyridine rings is 1. The van der Waals surface area contributed by atoms with E-state index in [0.29, 0.717) is 5.82 Å². The van der Waals surface area contributed by atoms with Gasteiger partial charge in [0.2, 0.25) is 0 Å². The number of anilines is 1. The standard InChI is InChI=1S/C7H6N4S/c8-6-5(2-1-3-9-6)7-11-10-4-12-7/h1-4H,(H2,8,9). The van der Waals surface area contributed by atoms with Gasteiger partial charge in [-0.05, 0) is 12.1 Å². The van der Waals surface area contributed by atoms with Gasteiger partial charge in [-0.2, -0.15) is 0 Å². The molecule has 0 saturated heterocycles. The Kier molecular flexibility index (Phi) is 1.71. The summed E-state index contributed by atoms with van der Waals surface area (Å²) in [5.41, 5.74) is 8.16. The molecule has 2 N–H and O–H groups in total. The van der Waals surface area contributed by atoms with Gasteiger partial charge in [0.25, 0.3) is 0 Å². The van der Waals surface area contributed by atoms with Crippen molar-refractivity contribution >= 4 is 17.2 Å². The first kappa shape index (κ1) is 7.17. The first-order chi connectivity index (χ1) is 5.88. The van der Waals surface area contributed by atoms with E-state index in [-0.39, 0.29) is 0 Å². The van der Waals surface area contributed by atoms with Crippen LogP contribution in [0.15, 0.2) is 23.8 Å². The molecule has 0 radical (unpaired) electrons. The van der Waals surface area contributed by atoms with Gasteiger partial charge in [-0.1, -0.05) is 11.3 Å². The zero-order chi connectivity index (χ0) is 8.39. The van der Waals surface area contributed by atoms with Crippen molar-refractivity contribution in [3.05, 3.63) is 23.8 Å². The van der Waals surface area contributed by atoms with Gasteiger partial charge in [0.1, 0.15) is 11.3 Å². The van der Waals surface area contributed by atoms with Crippen LogP contribution in [0, 0.1) is 0 Å². The molecule has 0 saturated carbocycles. The van der Waals surface area contributed by atoms with Crippen molar-refractivity contribution in [3.63, 3.8) is 0 Å². The Hall–Kier alpha value is -1.49. The Labute approximate surface area is 73.1 Å². The fourth-order valence-electron chi connectivity index (χ4n) is 0.889. The fourth-order valence-corrected chi connectivity index (χ4v) is 1.48. The second-order valence-electron chi connectivity index (χ2n) is 2.18. The van der Waals surface area contributed by atoms with E-state index in [0.717, 1.165) is 10.6 Å². The van der Waals surface area contributed by atoms with Crippen LogP contribution in [0.4, 0.5) is 5.82 Å². The number of rotatable bonds is 1. The largest absolute Gasteiger partial charge is 0.383 e. The molecule has 12 heavy (non-hydrogen) atoms. The summed E-state index contributed by atoms with van der Waals surface area (Å²) in [5.74, 6) is 0.495. The first-order valence-electron chi connectivity index (χ1n) is 3.35. The van der Waals surface area contributed by atoms with Gasteiger partial charge in [0.15, 0.2) is 5.01 Å². The van der Waals surface area contributed by atoms with E-state index >= 15 is 0 Å². The second kappa shape index (κ2) is 2.86. The summed E-state index contributed by atoms with van der Waals surface area (Å²) in [7, 11) is 0. The van der Waals surface area contributed by atoms with E-state index in [1.807, 2.05) is 12.1 Å². The highest BCUT2D eigenvalue weighted by Crippen LogP contribution is 2.23. The van der Waals surface area contributed by atoms with Gasteiger partial charge < -0.3 is 5.73 Å². The van der Waals surface area contributed by atoms with E-state index in [2.05, 4.69) is 15.2 Å². The van der Waals surface area contributed by atoms with Gasteiger partial charge in [0.05, 0.1) is 5.56 Å². The van der Waals surface area contributed by atoms with E-state index in [1.165, 1.54) is 11.3 Å². The summed E-state index contributed by atoms with van der Waals surface area (Å²) >= 11 is 1.45. The number of nitrogens with two attached hydrogens (primary N) is 1. The van der Waals surface area contributed by atoms with Gasteiger partial charge in [-0.25, -0.2) is 4.98 Å². The van der Waals surface area contributed by atoms with Gasteiger partial charge >= 0.3 is 0 Å². The molecular weight excluding hydrogens is 172 g/mol. The van der Waals surface area contributed by atoms with Crippen molar-refractivity contribution in [2.75, 3.05) is 5.73 Å². The minimum Gasteiger partial charge on any atom is -0.383 e. The molecule has 2 aromatic rings. The summed E-state index contributed by atoms with van der Waals surface area (Å²) in [6.07, 6.45) is 1.65. The lowest BCUT2D eigenvalue weighted by Gasteiger charge is -1.97. The number of aromatic nitrogens is 3. The maximum absolute atomic E-state index is 5.64. The van der Waals surface area contributed by atoms with Gasteiger partial charge in [0, 0.05) is 6.20 Å². The van der Waals surface area contributed by atoms with Crippen molar-refractivity contribution in [3.8, 4) is 10.6 Å². The number of hydrogen-bond acceptors (Lipinski definition) is 5. The third-order valence-corrected chi connectivity index (χ3v) is 2.15. The smallest absolute Gasteiger partial charge is 0.151 e. The molecular formula is C7H6N4S. The lowest BCUT2D eigenvalue weighted by atomic mass is 10.3. The third-order valence-electron chi connectivity index (χ3n) is 1.43. The number of nitrogens with zero attached hydrogens (tertiary/aromatic N) is 3. The summed E-state index contributed by atoms with van der Waals surface area (Å²) in [6.45, 7) is 0. The Morgan fingerprint density at radius 2 is 2.33 bits per heavy atom. The van der Waals surface area contributed by atoms with Crippen LogP contribution < -0.4 is 5.73 Å². The molecule has 0 aliphatic carbocycles. The van der Waals surface area contributed by atoms with Crippen LogP contribution in [-0.4, -0.2) is 15.2 Å². The van der Waals surface area contributed by atoms with Crippen molar-refractivity contribution in [1.29, 1.82) is 0 Å². The van der Waals surface area contributed by atoms with Crippen LogP contribution in [0.25, 0.3) is 10.6 Å². The van der Waals surface area contributed by atoms with Crippen LogP contribution in [0.1, 0.15) is 0 Å². The van der Waals surface area contributed by atoms with Crippen molar-refractivity contribution in [2.24, 2.45) is 0 Å². The quantitative estimate of drug-likeness (QED) is 0.712. The molecule has 2 heterocycles. The Balaban J connectivity index is 2.55. The molecule has 0 aliphatic rings. The van der Waals surface area contributed by atoms with Crippen LogP contribution in [0.5, 0.6) is 0 Å². The zero-order valence-corrected chi connectivity index (χ0v) is 6.95. The molecule has 0 atom stereocenters. The maximum atomic E-state index is 5.64. The molecule has 0 fully saturated rings. The molecule has 60 valence electrons. The minimum absolute atomic E-state index is 0.495. The average molecular weight is 178 g/mol. The van der Waals surface area contributed by atoms with Crippen molar-refractivity contribution in [2.45, 2.75) is 0 Å².